The van der Waals surface area contributed by atoms with Crippen LogP contribution in [0.15, 0.2) is 81.7 Å². The molecule has 1 aromatic heterocycles. The quantitative estimate of drug-likeness (QED) is 0.244. The number of rotatable bonds is 5. The van der Waals surface area contributed by atoms with Crippen molar-refractivity contribution in [3.63, 3.8) is 0 Å². The van der Waals surface area contributed by atoms with E-state index < -0.39 is 0 Å². The molecule has 0 radical (unpaired) electrons. The minimum atomic E-state index is 1.08. The van der Waals surface area contributed by atoms with E-state index in [0.717, 1.165) is 20.5 Å². The third-order valence-corrected chi connectivity index (χ3v) is 6.70. The summed E-state index contributed by atoms with van der Waals surface area (Å²) in [5.74, 6) is 1.15. The van der Waals surface area contributed by atoms with Crippen LogP contribution < -0.4 is 9.47 Å². The van der Waals surface area contributed by atoms with Crippen LogP contribution in [0.4, 0.5) is 5.69 Å². The highest BCUT2D eigenvalue weighted by Crippen LogP contribution is 2.30. The summed E-state index contributed by atoms with van der Waals surface area (Å²) in [4.78, 5) is 2.11. The molecule has 4 aromatic rings. The monoisotopic (exact) mass is 550 g/mol. The predicted molar refractivity (Wildman–Crippen MR) is 143 cm³/mol. The second-order valence-corrected chi connectivity index (χ2v) is 9.84. The minimum absolute atomic E-state index is 1.08. The Balaban J connectivity index is 1.85. The van der Waals surface area contributed by atoms with Gasteiger partial charge in [0.15, 0.2) is 11.4 Å². The van der Waals surface area contributed by atoms with Crippen LogP contribution in [0, 0.1) is 0 Å². The average Bonchev–Trinajstić information content (AvgIpc) is 3.03. The molecule has 0 bridgehead atoms. The largest absolute Gasteiger partial charge is 0.378 e. The molecule has 0 unspecified atom stereocenters. The molecule has 0 N–H and O–H groups in total. The highest BCUT2D eigenvalue weighted by molar-refractivity contribution is 9.10. The Hall–Kier alpha value is -2.63. The van der Waals surface area contributed by atoms with Crippen molar-refractivity contribution in [2.75, 3.05) is 19.0 Å². The van der Waals surface area contributed by atoms with E-state index in [1.807, 2.05) is 0 Å². The SMILES string of the molecule is CN(C)c1ccc(/C=C/c2c(-c3ccc(Br)cc3)[n+](C)c(-c3ccc(Br)cc3)n2C)cc1. The van der Waals surface area contributed by atoms with Gasteiger partial charge >= 0.3 is 0 Å². The lowest BCUT2D eigenvalue weighted by atomic mass is 10.1. The van der Waals surface area contributed by atoms with Crippen molar-refractivity contribution in [2.24, 2.45) is 14.1 Å². The molecule has 0 spiro atoms. The Morgan fingerprint density at radius 3 is 1.81 bits per heavy atom. The van der Waals surface area contributed by atoms with Crippen molar-refractivity contribution in [3.8, 4) is 22.6 Å². The van der Waals surface area contributed by atoms with Crippen LogP contribution in [0.5, 0.6) is 0 Å². The summed E-state index contributed by atoms with van der Waals surface area (Å²) >= 11 is 7.11. The van der Waals surface area contributed by atoms with Crippen LogP contribution in [0.3, 0.4) is 0 Å². The lowest BCUT2D eigenvalue weighted by Crippen LogP contribution is -2.32. The van der Waals surface area contributed by atoms with Crippen LogP contribution in [0.25, 0.3) is 34.8 Å². The Labute approximate surface area is 206 Å². The molecule has 32 heavy (non-hydrogen) atoms. The summed E-state index contributed by atoms with van der Waals surface area (Å²) in [6.45, 7) is 0. The van der Waals surface area contributed by atoms with Crippen LogP contribution in [0.1, 0.15) is 11.3 Å². The van der Waals surface area contributed by atoms with E-state index in [1.165, 1.54) is 28.1 Å². The average molecular weight is 552 g/mol. The fourth-order valence-electron chi connectivity index (χ4n) is 3.96. The molecular weight excluding hydrogens is 526 g/mol. The van der Waals surface area contributed by atoms with Crippen LogP contribution >= 0.6 is 31.9 Å². The van der Waals surface area contributed by atoms with Gasteiger partial charge in [0.1, 0.15) is 0 Å². The summed E-state index contributed by atoms with van der Waals surface area (Å²) in [5, 5.41) is 0. The van der Waals surface area contributed by atoms with E-state index in [9.17, 15) is 0 Å². The minimum Gasteiger partial charge on any atom is -0.378 e. The molecule has 0 atom stereocenters. The summed E-state index contributed by atoms with van der Waals surface area (Å²) in [7, 11) is 8.39. The molecule has 0 aliphatic carbocycles. The molecule has 3 aromatic carbocycles. The van der Waals surface area contributed by atoms with E-state index >= 15 is 0 Å². The number of nitrogens with zero attached hydrogens (tertiary/aromatic N) is 3. The second kappa shape index (κ2) is 9.47. The number of hydrogen-bond donors (Lipinski definition) is 0. The first-order valence-electron chi connectivity index (χ1n) is 10.4. The maximum atomic E-state index is 3.56. The lowest BCUT2D eigenvalue weighted by Gasteiger charge is -2.11. The van der Waals surface area contributed by atoms with E-state index in [2.05, 4.69) is 159 Å². The summed E-state index contributed by atoms with van der Waals surface area (Å²) in [6.07, 6.45) is 4.40. The number of aromatic nitrogens is 2. The lowest BCUT2D eigenvalue weighted by molar-refractivity contribution is -0.648. The molecule has 0 saturated carbocycles. The van der Waals surface area contributed by atoms with Crippen molar-refractivity contribution in [3.05, 3.63) is 93.0 Å². The van der Waals surface area contributed by atoms with Gasteiger partial charge in [-0.2, -0.15) is 0 Å². The van der Waals surface area contributed by atoms with Crippen molar-refractivity contribution in [1.82, 2.24) is 4.57 Å². The maximum absolute atomic E-state index is 3.56. The van der Waals surface area contributed by atoms with Gasteiger partial charge in [-0.05, 0) is 72.3 Å². The fourth-order valence-corrected chi connectivity index (χ4v) is 4.49. The zero-order valence-electron chi connectivity index (χ0n) is 18.7. The highest BCUT2D eigenvalue weighted by Gasteiger charge is 2.27. The van der Waals surface area contributed by atoms with Gasteiger partial charge in [0.25, 0.3) is 5.82 Å². The van der Waals surface area contributed by atoms with Crippen molar-refractivity contribution in [2.45, 2.75) is 0 Å². The van der Waals surface area contributed by atoms with Gasteiger partial charge in [0.05, 0.1) is 19.7 Å². The van der Waals surface area contributed by atoms with E-state index in [-0.39, 0.29) is 0 Å². The Kier molecular flexibility index (Phi) is 6.68. The second-order valence-electron chi connectivity index (χ2n) is 8.01. The molecule has 0 amide bonds. The zero-order valence-corrected chi connectivity index (χ0v) is 21.9. The first-order chi connectivity index (χ1) is 15.3. The maximum Gasteiger partial charge on any atom is 0.289 e. The highest BCUT2D eigenvalue weighted by atomic mass is 79.9. The van der Waals surface area contributed by atoms with Crippen molar-refractivity contribution in [1.29, 1.82) is 0 Å². The van der Waals surface area contributed by atoms with Crippen molar-refractivity contribution < 1.29 is 4.57 Å². The molecule has 0 saturated heterocycles. The fraction of sp³-hybridized carbons (Fsp3) is 0.148. The third kappa shape index (κ3) is 4.59. The molecule has 4 rings (SSSR count). The molecule has 0 aliphatic rings. The standard InChI is InChI=1S/C27H26Br2N3/c1-30(2)24-16-5-19(6-17-24)7-18-25-26(20-8-12-22(28)13-9-20)32(4)27(31(25)3)21-10-14-23(29)15-11-21/h5-18H,1-4H3/q+1/b18-7+. The summed E-state index contributed by atoms with van der Waals surface area (Å²) < 4.78 is 6.70. The smallest absolute Gasteiger partial charge is 0.289 e. The van der Waals surface area contributed by atoms with Gasteiger partial charge in [-0.3, -0.25) is 0 Å². The van der Waals surface area contributed by atoms with Gasteiger partial charge in [-0.25, -0.2) is 9.13 Å². The summed E-state index contributed by atoms with van der Waals surface area (Å²) in [6, 6.07) is 25.6. The number of hydrogen-bond acceptors (Lipinski definition) is 1. The van der Waals surface area contributed by atoms with E-state index in [0.29, 0.717) is 0 Å². The van der Waals surface area contributed by atoms with Gasteiger partial charge in [0.2, 0.25) is 0 Å². The number of imidazole rings is 1. The Morgan fingerprint density at radius 2 is 1.28 bits per heavy atom. The number of halogens is 2. The van der Waals surface area contributed by atoms with E-state index in [1.54, 1.807) is 0 Å². The van der Waals surface area contributed by atoms with Crippen molar-refractivity contribution >= 4 is 49.7 Å². The molecule has 162 valence electrons. The normalized spacial score (nSPS) is 11.3. The molecule has 1 heterocycles. The molecule has 0 aliphatic heterocycles. The molecule has 3 nitrogen and oxygen atoms in total. The predicted octanol–water partition coefficient (Wildman–Crippen LogP) is 6.95. The first-order valence-corrected chi connectivity index (χ1v) is 12.0. The van der Waals surface area contributed by atoms with E-state index in [4.69, 9.17) is 0 Å². The first kappa shape index (κ1) is 22.6. The van der Waals surface area contributed by atoms with Gasteiger partial charge in [0, 0.05) is 34.3 Å². The van der Waals surface area contributed by atoms with Crippen LogP contribution in [-0.2, 0) is 14.1 Å². The topological polar surface area (TPSA) is 12.1 Å². The molecular formula is C27H26Br2N3+. The Bertz CT molecular complexity index is 1250. The van der Waals surface area contributed by atoms with Crippen LogP contribution in [0.2, 0.25) is 0 Å². The molecule has 5 heteroatoms. The zero-order chi connectivity index (χ0) is 22.8. The summed E-state index contributed by atoms with van der Waals surface area (Å²) in [5.41, 5.74) is 7.05. The third-order valence-electron chi connectivity index (χ3n) is 5.64. The number of benzene rings is 3. The van der Waals surface area contributed by atoms with Gasteiger partial charge < -0.3 is 4.90 Å². The van der Waals surface area contributed by atoms with Crippen LogP contribution in [-0.4, -0.2) is 18.7 Å². The van der Waals surface area contributed by atoms with Gasteiger partial charge in [-0.1, -0.05) is 50.1 Å². The van der Waals surface area contributed by atoms with Gasteiger partial charge in [-0.15, -0.1) is 0 Å². The molecule has 0 fully saturated rings. The number of anilines is 1. The Morgan fingerprint density at radius 1 is 0.750 bits per heavy atom.